The Bertz CT molecular complexity index is 1380. The van der Waals surface area contributed by atoms with Gasteiger partial charge >= 0.3 is 0 Å². The number of anilines is 1. The summed E-state index contributed by atoms with van der Waals surface area (Å²) < 4.78 is 16.3. The highest BCUT2D eigenvalue weighted by Gasteiger charge is 2.25. The fourth-order valence-corrected chi connectivity index (χ4v) is 3.11. The summed E-state index contributed by atoms with van der Waals surface area (Å²) in [5.41, 5.74) is 10.2. The Labute approximate surface area is 192 Å². The number of nitrogens with one attached hydrogen (secondary N) is 1. The number of hydrogen-bond donors (Lipinski definition) is 3. The van der Waals surface area contributed by atoms with Gasteiger partial charge in [0.15, 0.2) is 17.2 Å². The molecule has 2 heterocycles. The van der Waals surface area contributed by atoms with E-state index in [4.69, 9.17) is 15.2 Å². The van der Waals surface area contributed by atoms with E-state index in [1.165, 1.54) is 25.0 Å². The van der Waals surface area contributed by atoms with E-state index in [1.807, 2.05) is 0 Å². The summed E-state index contributed by atoms with van der Waals surface area (Å²) in [5.74, 6) is 0.225. The van der Waals surface area contributed by atoms with Crippen molar-refractivity contribution in [2.45, 2.75) is 6.92 Å². The summed E-state index contributed by atoms with van der Waals surface area (Å²) in [7, 11) is 2.96. The number of nitrogens with zero attached hydrogens (tertiary/aromatic N) is 6. The minimum atomic E-state index is -0.635. The number of hydrazone groups is 1. The van der Waals surface area contributed by atoms with Crippen LogP contribution in [-0.2, 0) is 0 Å². The molecule has 0 spiro atoms. The van der Waals surface area contributed by atoms with Crippen molar-refractivity contribution in [3.63, 3.8) is 0 Å². The first kappa shape index (κ1) is 22.3. The molecule has 0 radical (unpaired) electrons. The summed E-state index contributed by atoms with van der Waals surface area (Å²) in [4.78, 5) is 13.1. The highest BCUT2D eigenvalue weighted by molar-refractivity contribution is 6.02. The van der Waals surface area contributed by atoms with Crippen LogP contribution in [0.1, 0.15) is 23.0 Å². The van der Waals surface area contributed by atoms with Crippen LogP contribution < -0.4 is 20.6 Å². The van der Waals surface area contributed by atoms with Crippen molar-refractivity contribution in [3.8, 4) is 34.3 Å². The normalized spacial score (nSPS) is 11.3. The Morgan fingerprint density at radius 2 is 2.00 bits per heavy atom. The smallest absolute Gasteiger partial charge is 0.294 e. The molecule has 0 saturated carbocycles. The van der Waals surface area contributed by atoms with Gasteiger partial charge in [-0.2, -0.15) is 9.78 Å². The van der Waals surface area contributed by atoms with Gasteiger partial charge in [-0.3, -0.25) is 4.79 Å². The Balaban J connectivity index is 1.71. The predicted octanol–water partition coefficient (Wildman–Crippen LogP) is 1.78. The van der Waals surface area contributed by atoms with E-state index in [0.717, 1.165) is 0 Å². The molecule has 0 aliphatic carbocycles. The number of aromatic hydroxyl groups is 1. The number of hydrogen-bond acceptors (Lipinski definition) is 11. The molecule has 0 fully saturated rings. The molecule has 174 valence electrons. The third-order valence-electron chi connectivity index (χ3n) is 4.85. The monoisotopic (exact) mass is 464 g/mol. The lowest BCUT2D eigenvalue weighted by molar-refractivity contribution is 0.0950. The van der Waals surface area contributed by atoms with Crippen molar-refractivity contribution in [1.82, 2.24) is 30.7 Å². The average Bonchev–Trinajstić information content (AvgIpc) is 3.48. The van der Waals surface area contributed by atoms with Crippen LogP contribution in [0, 0.1) is 0 Å². The van der Waals surface area contributed by atoms with Gasteiger partial charge in [-0.05, 0) is 47.6 Å². The van der Waals surface area contributed by atoms with Gasteiger partial charge < -0.3 is 20.3 Å². The average molecular weight is 464 g/mol. The molecule has 2 aromatic heterocycles. The molecular weight excluding hydrogens is 444 g/mol. The first-order valence-electron chi connectivity index (χ1n) is 9.83. The second-order valence-corrected chi connectivity index (χ2v) is 6.93. The number of nitrogen functional groups attached to an aromatic ring is 1. The number of carbonyl (C=O) groups excluding carboxylic acids is 1. The number of methoxy groups -OCH3 is 2. The highest BCUT2D eigenvalue weighted by Crippen LogP contribution is 2.29. The van der Waals surface area contributed by atoms with Crippen molar-refractivity contribution in [2.75, 3.05) is 20.0 Å². The minimum absolute atomic E-state index is 0.00995. The number of aromatic nitrogens is 5. The molecule has 2 aromatic carbocycles. The predicted molar refractivity (Wildman–Crippen MR) is 120 cm³/mol. The molecule has 0 saturated heterocycles. The minimum Gasteiger partial charge on any atom is -0.504 e. The number of ether oxygens (including phenoxy) is 2. The fraction of sp³-hybridized carbons (Fsp3) is 0.143. The van der Waals surface area contributed by atoms with Crippen LogP contribution in [-0.4, -0.2) is 56.3 Å². The van der Waals surface area contributed by atoms with Gasteiger partial charge in [0.05, 0.1) is 19.9 Å². The maximum absolute atomic E-state index is 13.1. The molecule has 13 heteroatoms. The van der Waals surface area contributed by atoms with E-state index in [1.54, 1.807) is 43.3 Å². The summed E-state index contributed by atoms with van der Waals surface area (Å²) in [5, 5.41) is 29.2. The second kappa shape index (κ2) is 9.28. The Morgan fingerprint density at radius 3 is 2.71 bits per heavy atom. The largest absolute Gasteiger partial charge is 0.504 e. The van der Waals surface area contributed by atoms with Crippen molar-refractivity contribution < 1.29 is 24.0 Å². The molecule has 13 nitrogen and oxygen atoms in total. The molecule has 0 atom stereocenters. The summed E-state index contributed by atoms with van der Waals surface area (Å²) >= 11 is 0. The van der Waals surface area contributed by atoms with E-state index in [2.05, 4.69) is 35.8 Å². The number of phenolic OH excluding ortho intramolecular Hbond substituents is 1. The van der Waals surface area contributed by atoms with E-state index in [-0.39, 0.29) is 34.5 Å². The summed E-state index contributed by atoms with van der Waals surface area (Å²) in [6.45, 7) is 1.69. The van der Waals surface area contributed by atoms with Crippen molar-refractivity contribution >= 4 is 17.4 Å². The number of amides is 1. The Kier molecular flexibility index (Phi) is 6.07. The molecule has 1 amide bonds. The van der Waals surface area contributed by atoms with Crippen molar-refractivity contribution in [3.05, 3.63) is 53.7 Å². The zero-order valence-corrected chi connectivity index (χ0v) is 18.4. The van der Waals surface area contributed by atoms with Crippen LogP contribution in [0.5, 0.6) is 17.2 Å². The number of benzene rings is 2. The van der Waals surface area contributed by atoms with Crippen molar-refractivity contribution in [2.24, 2.45) is 5.10 Å². The van der Waals surface area contributed by atoms with Gasteiger partial charge in [-0.1, -0.05) is 17.3 Å². The lowest BCUT2D eigenvalue weighted by Crippen LogP contribution is -2.21. The van der Waals surface area contributed by atoms with Crippen LogP contribution in [0.4, 0.5) is 5.82 Å². The Hall–Kier alpha value is -4.94. The molecule has 4 aromatic rings. The topological polar surface area (TPSA) is 176 Å². The quantitative estimate of drug-likeness (QED) is 0.270. The second-order valence-electron chi connectivity index (χ2n) is 6.93. The van der Waals surface area contributed by atoms with Gasteiger partial charge in [0.2, 0.25) is 11.6 Å². The van der Waals surface area contributed by atoms with Crippen LogP contribution in [0.15, 0.2) is 52.2 Å². The van der Waals surface area contributed by atoms with E-state index in [0.29, 0.717) is 22.6 Å². The molecule has 0 aliphatic heterocycles. The SMILES string of the molecule is COc1cccc(-c2c(C(=O)N/N=C(/C)c3ccc(O)c(OC)c3)nnn2-c2nonc2N)c1. The number of carbonyl (C=O) groups is 1. The molecule has 0 aliphatic rings. The lowest BCUT2D eigenvalue weighted by atomic mass is 10.1. The molecule has 4 N–H and O–H groups in total. The molecule has 0 bridgehead atoms. The summed E-state index contributed by atoms with van der Waals surface area (Å²) in [6.07, 6.45) is 0. The third-order valence-corrected chi connectivity index (χ3v) is 4.85. The van der Waals surface area contributed by atoms with Crippen LogP contribution in [0.3, 0.4) is 0 Å². The maximum Gasteiger partial charge on any atom is 0.294 e. The van der Waals surface area contributed by atoms with Gasteiger partial charge in [0, 0.05) is 11.1 Å². The molecule has 34 heavy (non-hydrogen) atoms. The van der Waals surface area contributed by atoms with Crippen LogP contribution in [0.25, 0.3) is 17.1 Å². The maximum atomic E-state index is 13.1. The zero-order chi connectivity index (χ0) is 24.2. The number of rotatable bonds is 7. The number of nitrogens with two attached hydrogens (primary N) is 1. The van der Waals surface area contributed by atoms with E-state index < -0.39 is 5.91 Å². The van der Waals surface area contributed by atoms with Gasteiger partial charge in [-0.15, -0.1) is 5.10 Å². The van der Waals surface area contributed by atoms with Gasteiger partial charge in [-0.25, -0.2) is 10.1 Å². The number of phenols is 1. The van der Waals surface area contributed by atoms with Gasteiger partial charge in [0.25, 0.3) is 5.91 Å². The first-order valence-corrected chi connectivity index (χ1v) is 9.83. The molecule has 4 rings (SSSR count). The highest BCUT2D eigenvalue weighted by atomic mass is 16.6. The first-order chi connectivity index (χ1) is 16.4. The lowest BCUT2D eigenvalue weighted by Gasteiger charge is -2.08. The van der Waals surface area contributed by atoms with E-state index in [9.17, 15) is 9.90 Å². The zero-order valence-electron chi connectivity index (χ0n) is 18.4. The fourth-order valence-electron chi connectivity index (χ4n) is 3.11. The van der Waals surface area contributed by atoms with E-state index >= 15 is 0 Å². The standard InChI is InChI=1S/C21H20N8O5/c1-11(12-7-8-15(30)16(10-12)33-3)23-25-21(31)17-18(13-5-4-6-14(9-13)32-2)29(28-24-17)20-19(22)26-34-27-20/h4-10,30H,1-3H3,(H2,22,26)(H,25,31)/b23-11-. The van der Waals surface area contributed by atoms with Gasteiger partial charge in [0.1, 0.15) is 11.4 Å². The molecular formula is C21H20N8O5. The molecule has 0 unspecified atom stereocenters. The van der Waals surface area contributed by atoms with Crippen LogP contribution >= 0.6 is 0 Å². The Morgan fingerprint density at radius 1 is 1.18 bits per heavy atom. The van der Waals surface area contributed by atoms with Crippen LogP contribution in [0.2, 0.25) is 0 Å². The van der Waals surface area contributed by atoms with Crippen molar-refractivity contribution in [1.29, 1.82) is 0 Å². The summed E-state index contributed by atoms with van der Waals surface area (Å²) in [6, 6.07) is 11.7. The third kappa shape index (κ3) is 4.21.